The van der Waals surface area contributed by atoms with Crippen molar-refractivity contribution in [1.82, 2.24) is 9.88 Å². The summed E-state index contributed by atoms with van der Waals surface area (Å²) >= 11 is 6.14. The summed E-state index contributed by atoms with van der Waals surface area (Å²) in [5.41, 5.74) is 3.25. The van der Waals surface area contributed by atoms with Crippen molar-refractivity contribution in [1.29, 1.82) is 0 Å². The molecule has 0 fully saturated rings. The van der Waals surface area contributed by atoms with Crippen molar-refractivity contribution in [2.45, 2.75) is 59.8 Å². The molecule has 1 atom stereocenters. The zero-order valence-electron chi connectivity index (χ0n) is 28.2. The molecule has 11 nitrogen and oxygen atoms in total. The Bertz CT molecular complexity index is 1650. The van der Waals surface area contributed by atoms with E-state index >= 15 is 0 Å². The van der Waals surface area contributed by atoms with Crippen LogP contribution in [-0.4, -0.2) is 54.1 Å². The number of phosphoric acid groups is 1. The second kappa shape index (κ2) is 18.8. The van der Waals surface area contributed by atoms with Crippen LogP contribution >= 0.6 is 19.4 Å². The van der Waals surface area contributed by atoms with E-state index in [-0.39, 0.29) is 25.9 Å². The number of halogens is 1. The zero-order valence-corrected chi connectivity index (χ0v) is 29.9. The van der Waals surface area contributed by atoms with E-state index in [0.717, 1.165) is 42.5 Å². The van der Waals surface area contributed by atoms with Gasteiger partial charge in [0.2, 0.25) is 0 Å². The molecule has 0 unspecified atom stereocenters. The zero-order chi connectivity index (χ0) is 35.2. The van der Waals surface area contributed by atoms with E-state index in [1.54, 1.807) is 54.7 Å². The molecule has 1 aromatic heterocycles. The first-order valence-corrected chi connectivity index (χ1v) is 18.0. The summed E-state index contributed by atoms with van der Waals surface area (Å²) in [6.45, 7) is 9.04. The Morgan fingerprint density at radius 3 is 2.00 bits per heavy atom. The predicted octanol–water partition coefficient (Wildman–Crippen LogP) is 8.20. The molecular formula is C36H43ClN3O8P. The number of hydrogen-bond acceptors (Lipinski definition) is 11. The van der Waals surface area contributed by atoms with E-state index in [4.69, 9.17) is 34.6 Å². The van der Waals surface area contributed by atoms with Crippen LogP contribution in [0.15, 0.2) is 79.0 Å². The van der Waals surface area contributed by atoms with Gasteiger partial charge in [0.15, 0.2) is 0 Å². The van der Waals surface area contributed by atoms with Crippen LogP contribution in [-0.2, 0) is 40.9 Å². The van der Waals surface area contributed by atoms with Crippen molar-refractivity contribution >= 4 is 48.0 Å². The number of carbonyl (C=O) groups excluding carboxylic acids is 2. The van der Waals surface area contributed by atoms with E-state index in [1.165, 1.54) is 13.8 Å². The van der Waals surface area contributed by atoms with Crippen molar-refractivity contribution in [3.63, 3.8) is 0 Å². The van der Waals surface area contributed by atoms with Gasteiger partial charge in [-0.15, -0.1) is 0 Å². The van der Waals surface area contributed by atoms with Crippen molar-refractivity contribution in [2.75, 3.05) is 31.6 Å². The van der Waals surface area contributed by atoms with Gasteiger partial charge in [-0.2, -0.15) is 0 Å². The van der Waals surface area contributed by atoms with Crippen LogP contribution in [0.1, 0.15) is 51.7 Å². The molecule has 0 spiro atoms. The third-order valence-corrected chi connectivity index (χ3v) is 9.10. The molecule has 0 radical (unpaired) electrons. The Balaban J connectivity index is 1.30. The van der Waals surface area contributed by atoms with Crippen LogP contribution in [0.3, 0.4) is 0 Å². The molecule has 49 heavy (non-hydrogen) atoms. The van der Waals surface area contributed by atoms with E-state index < -0.39 is 19.8 Å². The Kier molecular flexibility index (Phi) is 14.6. The molecule has 0 aliphatic carbocycles. The highest BCUT2D eigenvalue weighted by molar-refractivity contribution is 7.48. The van der Waals surface area contributed by atoms with Gasteiger partial charge in [-0.3, -0.25) is 28.1 Å². The Hall–Kier alpha value is -3.83. The number of fused-ring (bicyclic) bond motifs is 1. The first-order chi connectivity index (χ1) is 23.5. The fourth-order valence-electron chi connectivity index (χ4n) is 4.97. The number of phosphoric ester groups is 1. The first kappa shape index (κ1) is 38.0. The van der Waals surface area contributed by atoms with Gasteiger partial charge in [0.1, 0.15) is 11.5 Å². The van der Waals surface area contributed by atoms with Crippen LogP contribution in [0.5, 0.6) is 11.5 Å². The smallest absolute Gasteiger partial charge is 0.427 e. The molecule has 4 rings (SSSR count). The highest BCUT2D eigenvalue weighted by Gasteiger charge is 2.27. The van der Waals surface area contributed by atoms with Crippen LogP contribution in [0.25, 0.3) is 10.9 Å². The monoisotopic (exact) mass is 711 g/mol. The first-order valence-electron chi connectivity index (χ1n) is 16.1. The molecular weight excluding hydrogens is 669 g/mol. The number of carbonyl (C=O) groups is 2. The maximum absolute atomic E-state index is 13.8. The average molecular weight is 712 g/mol. The summed E-state index contributed by atoms with van der Waals surface area (Å²) < 4.78 is 41.3. The minimum absolute atomic E-state index is 0.0504. The molecule has 1 N–H and O–H groups in total. The minimum Gasteiger partial charge on any atom is -0.427 e. The molecule has 0 saturated heterocycles. The molecule has 0 bridgehead atoms. The fraction of sp³-hybridized carbons (Fsp3) is 0.361. The third-order valence-electron chi connectivity index (χ3n) is 7.47. The summed E-state index contributed by atoms with van der Waals surface area (Å²) in [5.74, 6) is -0.0584. The number of nitrogens with one attached hydrogen (secondary N) is 1. The molecule has 1 heterocycles. The Morgan fingerprint density at radius 2 is 1.45 bits per heavy atom. The van der Waals surface area contributed by atoms with E-state index in [2.05, 4.69) is 29.0 Å². The molecule has 4 aromatic rings. The third kappa shape index (κ3) is 12.9. The fourth-order valence-corrected chi connectivity index (χ4v) is 6.28. The molecule has 0 aliphatic rings. The Labute approximate surface area is 292 Å². The molecule has 13 heteroatoms. The molecule has 0 amide bonds. The number of aromatic nitrogens is 1. The van der Waals surface area contributed by atoms with Crippen LogP contribution in [0.2, 0.25) is 5.02 Å². The second-order valence-electron chi connectivity index (χ2n) is 11.4. The number of pyridine rings is 1. The largest absolute Gasteiger partial charge is 0.475 e. The average Bonchev–Trinajstić information content (AvgIpc) is 3.06. The highest BCUT2D eigenvalue weighted by atomic mass is 35.5. The number of esters is 2. The lowest BCUT2D eigenvalue weighted by atomic mass is 10.1. The molecule has 0 saturated carbocycles. The van der Waals surface area contributed by atoms with Gasteiger partial charge >= 0.3 is 19.8 Å². The van der Waals surface area contributed by atoms with Crippen LogP contribution < -0.4 is 14.8 Å². The maximum atomic E-state index is 13.8. The highest BCUT2D eigenvalue weighted by Crippen LogP contribution is 2.51. The van der Waals surface area contributed by atoms with Crippen LogP contribution in [0.4, 0.5) is 5.69 Å². The normalized spacial score (nSPS) is 12.2. The van der Waals surface area contributed by atoms with Gasteiger partial charge < -0.3 is 19.7 Å². The summed E-state index contributed by atoms with van der Waals surface area (Å²) in [4.78, 5) is 29.1. The molecule has 262 valence electrons. The van der Waals surface area contributed by atoms with Gasteiger partial charge in [0, 0.05) is 48.7 Å². The van der Waals surface area contributed by atoms with Crippen molar-refractivity contribution in [3.05, 3.63) is 95.1 Å². The molecule has 3 aromatic carbocycles. The van der Waals surface area contributed by atoms with Gasteiger partial charge in [-0.25, -0.2) is 4.57 Å². The summed E-state index contributed by atoms with van der Waals surface area (Å²) in [6, 6.07) is 21.2. The summed E-state index contributed by atoms with van der Waals surface area (Å²) in [5, 5.41) is 5.28. The predicted molar refractivity (Wildman–Crippen MR) is 190 cm³/mol. The lowest BCUT2D eigenvalue weighted by Gasteiger charge is -2.24. The van der Waals surface area contributed by atoms with E-state index in [0.29, 0.717) is 34.2 Å². The number of nitrogens with zero attached hydrogens (tertiary/aromatic N) is 2. The van der Waals surface area contributed by atoms with Gasteiger partial charge in [-0.05, 0) is 92.5 Å². The molecule has 0 aliphatic heterocycles. The number of rotatable bonds is 19. The number of likely N-dealkylation sites (N-methyl/N-ethyl adjacent to an activating group) is 1. The lowest BCUT2D eigenvalue weighted by Crippen LogP contribution is -2.29. The Morgan fingerprint density at radius 1 is 0.857 bits per heavy atom. The van der Waals surface area contributed by atoms with Gasteiger partial charge in [0.05, 0.1) is 25.3 Å². The number of ether oxygens (including phenoxy) is 2. The van der Waals surface area contributed by atoms with E-state index in [9.17, 15) is 14.2 Å². The van der Waals surface area contributed by atoms with Crippen molar-refractivity contribution in [3.8, 4) is 11.5 Å². The lowest BCUT2D eigenvalue weighted by molar-refractivity contribution is -0.132. The SMILES string of the molecule is CCN(CCC[C@@H](C)Nc1ccnc2cc(Cl)ccc12)CCOP(=O)(OCc1ccc(OC(C)=O)cc1)OCc1ccc(OC(C)=O)cc1. The minimum atomic E-state index is -4.01. The van der Waals surface area contributed by atoms with Crippen molar-refractivity contribution in [2.24, 2.45) is 0 Å². The number of benzene rings is 3. The van der Waals surface area contributed by atoms with Crippen LogP contribution in [0, 0.1) is 0 Å². The quantitative estimate of drug-likeness (QED) is 0.0575. The summed E-state index contributed by atoms with van der Waals surface area (Å²) in [6.07, 6.45) is 3.65. The van der Waals surface area contributed by atoms with Crippen molar-refractivity contribution < 1.29 is 37.2 Å². The summed E-state index contributed by atoms with van der Waals surface area (Å²) in [7, 11) is -4.01. The van der Waals surface area contributed by atoms with Gasteiger partial charge in [-0.1, -0.05) is 42.8 Å². The van der Waals surface area contributed by atoms with E-state index in [1.807, 2.05) is 24.3 Å². The topological polar surface area (TPSA) is 126 Å². The number of anilines is 1. The standard InChI is InChI=1S/C36H43ClN3O8P/c1-5-40(20-6-7-26(2)39-35-18-19-38-36-23-31(37)12-17-34(35)36)21-22-44-49(43,45-24-29-8-13-32(14-9-29)47-27(3)41)46-25-30-10-15-33(16-11-30)48-28(4)42/h8-19,23,26H,5-7,20-22,24-25H2,1-4H3,(H,38,39)/t26-/m1/s1. The van der Waals surface area contributed by atoms with Gasteiger partial charge in [0.25, 0.3) is 0 Å². The maximum Gasteiger partial charge on any atom is 0.475 e. The number of hydrogen-bond donors (Lipinski definition) is 1. The second-order valence-corrected chi connectivity index (χ2v) is 13.5.